The van der Waals surface area contributed by atoms with Gasteiger partial charge in [-0.3, -0.25) is 14.5 Å². The fourth-order valence-corrected chi connectivity index (χ4v) is 2.37. The maximum absolute atomic E-state index is 12.4. The monoisotopic (exact) mass is 290 g/mol. The fraction of sp³-hybridized carbons (Fsp3) is 0.500. The number of carbonyl (C=O) groups is 2. The molecule has 0 aliphatic carbocycles. The molecule has 0 aromatic heterocycles. The number of imide groups is 1. The van der Waals surface area contributed by atoms with E-state index in [0.717, 1.165) is 6.54 Å². The number of rotatable bonds is 6. The minimum absolute atomic E-state index is 0.239. The third-order valence-electron chi connectivity index (χ3n) is 3.54. The van der Waals surface area contributed by atoms with Crippen LogP contribution >= 0.6 is 0 Å². The van der Waals surface area contributed by atoms with Crippen molar-refractivity contribution >= 4 is 11.8 Å². The molecule has 0 N–H and O–H groups in total. The van der Waals surface area contributed by atoms with E-state index in [1.54, 1.807) is 24.3 Å². The summed E-state index contributed by atoms with van der Waals surface area (Å²) in [6.45, 7) is 5.40. The molecule has 5 heteroatoms. The van der Waals surface area contributed by atoms with Crippen LogP contribution in [-0.2, 0) is 4.74 Å². The molecule has 2 rings (SSSR count). The molecule has 0 atom stereocenters. The molecule has 0 fully saturated rings. The molecule has 0 radical (unpaired) electrons. The average Bonchev–Trinajstić information content (AvgIpc) is 2.68. The van der Waals surface area contributed by atoms with Gasteiger partial charge in [0.1, 0.15) is 0 Å². The molecule has 2 amide bonds. The first kappa shape index (κ1) is 15.7. The Hall–Kier alpha value is -1.72. The second kappa shape index (κ2) is 5.95. The molecule has 1 aliphatic heterocycles. The maximum Gasteiger partial charge on any atom is 0.262 e. The lowest BCUT2D eigenvalue weighted by molar-refractivity contribution is 0.0137. The van der Waals surface area contributed by atoms with Gasteiger partial charge >= 0.3 is 0 Å². The van der Waals surface area contributed by atoms with Crippen molar-refractivity contribution in [2.75, 3.05) is 33.9 Å². The zero-order chi connectivity index (χ0) is 15.6. The molecule has 1 aromatic carbocycles. The number of hydrogen-bond donors (Lipinski definition) is 0. The van der Waals surface area contributed by atoms with Crippen molar-refractivity contribution in [3.05, 3.63) is 35.4 Å². The van der Waals surface area contributed by atoms with Crippen LogP contribution in [-0.4, -0.2) is 61.0 Å². The van der Waals surface area contributed by atoms with E-state index in [1.807, 2.05) is 32.8 Å². The molecular formula is C16H22N2O3. The van der Waals surface area contributed by atoms with Gasteiger partial charge < -0.3 is 9.64 Å². The Morgan fingerprint density at radius 1 is 1.10 bits per heavy atom. The number of nitrogens with zero attached hydrogens (tertiary/aromatic N) is 2. The Labute approximate surface area is 125 Å². The van der Waals surface area contributed by atoms with Crippen LogP contribution in [0.3, 0.4) is 0 Å². The van der Waals surface area contributed by atoms with Gasteiger partial charge in [-0.05, 0) is 40.1 Å². The van der Waals surface area contributed by atoms with Crippen LogP contribution in [0.15, 0.2) is 24.3 Å². The van der Waals surface area contributed by atoms with E-state index in [1.165, 1.54) is 4.90 Å². The molecule has 114 valence electrons. The van der Waals surface area contributed by atoms with E-state index in [-0.39, 0.29) is 11.8 Å². The Morgan fingerprint density at radius 3 is 2.10 bits per heavy atom. The molecule has 21 heavy (non-hydrogen) atoms. The van der Waals surface area contributed by atoms with E-state index >= 15 is 0 Å². The summed E-state index contributed by atoms with van der Waals surface area (Å²) in [7, 11) is 3.94. The van der Waals surface area contributed by atoms with Crippen molar-refractivity contribution in [1.29, 1.82) is 0 Å². The predicted molar refractivity (Wildman–Crippen MR) is 80.4 cm³/mol. The highest BCUT2D eigenvalue weighted by atomic mass is 16.5. The molecule has 1 heterocycles. The third-order valence-corrected chi connectivity index (χ3v) is 3.54. The highest BCUT2D eigenvalue weighted by molar-refractivity contribution is 6.21. The van der Waals surface area contributed by atoms with Crippen LogP contribution < -0.4 is 0 Å². The van der Waals surface area contributed by atoms with E-state index in [0.29, 0.717) is 24.3 Å². The molecular weight excluding hydrogens is 268 g/mol. The largest absolute Gasteiger partial charge is 0.378 e. The van der Waals surface area contributed by atoms with Crippen molar-refractivity contribution in [2.24, 2.45) is 0 Å². The second-order valence-corrected chi connectivity index (χ2v) is 6.16. The van der Waals surface area contributed by atoms with Crippen molar-refractivity contribution in [3.8, 4) is 0 Å². The van der Waals surface area contributed by atoms with Crippen LogP contribution in [0.5, 0.6) is 0 Å². The van der Waals surface area contributed by atoms with Gasteiger partial charge in [-0.1, -0.05) is 12.1 Å². The number of amides is 2. The number of benzene rings is 1. The minimum Gasteiger partial charge on any atom is -0.378 e. The van der Waals surface area contributed by atoms with Crippen molar-refractivity contribution in [3.63, 3.8) is 0 Å². The summed E-state index contributed by atoms with van der Waals surface area (Å²) in [5.74, 6) is -0.478. The summed E-state index contributed by atoms with van der Waals surface area (Å²) in [5, 5.41) is 0. The van der Waals surface area contributed by atoms with Crippen LogP contribution in [0.1, 0.15) is 34.6 Å². The number of hydrogen-bond acceptors (Lipinski definition) is 4. The van der Waals surface area contributed by atoms with Crippen LogP contribution in [0.4, 0.5) is 0 Å². The summed E-state index contributed by atoms with van der Waals surface area (Å²) in [6, 6.07) is 6.93. The van der Waals surface area contributed by atoms with Gasteiger partial charge in [0.05, 0.1) is 29.9 Å². The maximum atomic E-state index is 12.4. The highest BCUT2D eigenvalue weighted by Crippen LogP contribution is 2.29. The predicted octanol–water partition coefficient (Wildman–Crippen LogP) is 1.64. The van der Waals surface area contributed by atoms with Crippen molar-refractivity contribution in [2.45, 2.75) is 19.4 Å². The second-order valence-electron chi connectivity index (χ2n) is 6.16. The first-order chi connectivity index (χ1) is 9.84. The average molecular weight is 290 g/mol. The SMILES string of the molecule is CN(C)CCOCC(C)(C)N1C(=O)c2ccccc2C1=O. The lowest BCUT2D eigenvalue weighted by Crippen LogP contribution is -2.50. The number of carbonyl (C=O) groups excluding carboxylic acids is 2. The zero-order valence-corrected chi connectivity index (χ0v) is 13.0. The molecule has 0 unspecified atom stereocenters. The van der Waals surface area contributed by atoms with E-state index in [4.69, 9.17) is 4.74 Å². The number of fused-ring (bicyclic) bond motifs is 1. The van der Waals surface area contributed by atoms with Gasteiger partial charge in [-0.2, -0.15) is 0 Å². The summed E-state index contributed by atoms with van der Waals surface area (Å²) in [6.07, 6.45) is 0. The Bertz CT molecular complexity index is 517. The fourth-order valence-electron chi connectivity index (χ4n) is 2.37. The van der Waals surface area contributed by atoms with Crippen molar-refractivity contribution in [1.82, 2.24) is 9.80 Å². The number of likely N-dealkylation sites (N-methyl/N-ethyl adjacent to an activating group) is 1. The summed E-state index contributed by atoms with van der Waals surface area (Å²) in [4.78, 5) is 28.2. The zero-order valence-electron chi connectivity index (χ0n) is 13.0. The van der Waals surface area contributed by atoms with E-state index in [9.17, 15) is 9.59 Å². The Morgan fingerprint density at radius 2 is 1.62 bits per heavy atom. The van der Waals surface area contributed by atoms with Crippen LogP contribution in [0.25, 0.3) is 0 Å². The Balaban J connectivity index is 2.08. The Kier molecular flexibility index (Phi) is 4.44. The standard InChI is InChI=1S/C16H22N2O3/c1-16(2,11-21-10-9-17(3)4)18-14(19)12-7-5-6-8-13(12)15(18)20/h5-8H,9-11H2,1-4H3. The number of ether oxygens (including phenoxy) is 1. The smallest absolute Gasteiger partial charge is 0.262 e. The first-order valence-electron chi connectivity index (χ1n) is 7.05. The van der Waals surface area contributed by atoms with Crippen LogP contribution in [0.2, 0.25) is 0 Å². The molecule has 0 bridgehead atoms. The highest BCUT2D eigenvalue weighted by Gasteiger charge is 2.43. The van der Waals surface area contributed by atoms with Gasteiger partial charge in [0.25, 0.3) is 11.8 Å². The molecule has 5 nitrogen and oxygen atoms in total. The van der Waals surface area contributed by atoms with Gasteiger partial charge in [-0.25, -0.2) is 0 Å². The normalized spacial score (nSPS) is 15.0. The topological polar surface area (TPSA) is 49.9 Å². The third kappa shape index (κ3) is 3.14. The van der Waals surface area contributed by atoms with Crippen molar-refractivity contribution < 1.29 is 14.3 Å². The molecule has 0 saturated heterocycles. The van der Waals surface area contributed by atoms with E-state index in [2.05, 4.69) is 0 Å². The molecule has 0 spiro atoms. The van der Waals surface area contributed by atoms with Gasteiger partial charge in [0, 0.05) is 6.54 Å². The van der Waals surface area contributed by atoms with Gasteiger partial charge in [0.15, 0.2) is 0 Å². The van der Waals surface area contributed by atoms with E-state index < -0.39 is 5.54 Å². The lowest BCUT2D eigenvalue weighted by Gasteiger charge is -2.33. The minimum atomic E-state index is -0.667. The lowest BCUT2D eigenvalue weighted by atomic mass is 10.0. The molecule has 1 aliphatic rings. The summed E-state index contributed by atoms with van der Waals surface area (Å²) >= 11 is 0. The first-order valence-corrected chi connectivity index (χ1v) is 7.05. The summed E-state index contributed by atoms with van der Waals surface area (Å²) < 4.78 is 5.63. The van der Waals surface area contributed by atoms with Gasteiger partial charge in [-0.15, -0.1) is 0 Å². The molecule has 1 aromatic rings. The quantitative estimate of drug-likeness (QED) is 0.590. The van der Waals surface area contributed by atoms with Gasteiger partial charge in [0.2, 0.25) is 0 Å². The van der Waals surface area contributed by atoms with Crippen LogP contribution in [0, 0.1) is 0 Å². The molecule has 0 saturated carbocycles. The summed E-state index contributed by atoms with van der Waals surface area (Å²) in [5.41, 5.74) is 0.284.